The van der Waals surface area contributed by atoms with Gasteiger partial charge in [-0.1, -0.05) is 109 Å². The van der Waals surface area contributed by atoms with Crippen LogP contribution in [0, 0.1) is 6.92 Å². The Morgan fingerprint density at radius 3 is 1.46 bits per heavy atom. The van der Waals surface area contributed by atoms with E-state index in [1.54, 1.807) is 0 Å². The van der Waals surface area contributed by atoms with Gasteiger partial charge in [0, 0.05) is 18.8 Å². The van der Waals surface area contributed by atoms with Gasteiger partial charge in [-0.3, -0.25) is 0 Å². The van der Waals surface area contributed by atoms with Gasteiger partial charge in [0.1, 0.15) is 0 Å². The maximum absolute atomic E-state index is 2.66. The van der Waals surface area contributed by atoms with E-state index in [1.807, 2.05) is 0 Å². The maximum atomic E-state index is 2.66. The number of anilines is 1. The minimum absolute atomic E-state index is 1.23. The lowest BCUT2D eigenvalue weighted by Crippen LogP contribution is -2.26. The third kappa shape index (κ3) is 10.9. The van der Waals surface area contributed by atoms with Gasteiger partial charge in [-0.2, -0.15) is 0 Å². The molecule has 0 unspecified atom stereocenters. The smallest absolute Gasteiger partial charge is 0.0395 e. The maximum Gasteiger partial charge on any atom is 0.0395 e. The van der Waals surface area contributed by atoms with E-state index in [4.69, 9.17) is 0 Å². The first-order valence-electron chi connectivity index (χ1n) is 11.6. The van der Waals surface area contributed by atoms with Crippen LogP contribution in [0.2, 0.25) is 0 Å². The minimum Gasteiger partial charge on any atom is -0.371 e. The first-order valence-corrected chi connectivity index (χ1v) is 11.6. The van der Waals surface area contributed by atoms with Crippen LogP contribution in [0.3, 0.4) is 0 Å². The topological polar surface area (TPSA) is 3.24 Å². The Hall–Kier alpha value is -0.980. The summed E-state index contributed by atoms with van der Waals surface area (Å²) in [5, 5.41) is 0. The summed E-state index contributed by atoms with van der Waals surface area (Å²) in [4.78, 5) is 2.66. The van der Waals surface area contributed by atoms with Crippen molar-refractivity contribution in [1.29, 1.82) is 0 Å². The molecular weight excluding hydrogens is 314 g/mol. The van der Waals surface area contributed by atoms with E-state index in [-0.39, 0.29) is 0 Å². The van der Waals surface area contributed by atoms with Crippen molar-refractivity contribution in [3.8, 4) is 0 Å². The van der Waals surface area contributed by atoms with Crippen LogP contribution in [0.4, 0.5) is 5.69 Å². The van der Waals surface area contributed by atoms with Crippen molar-refractivity contribution in [3.05, 3.63) is 29.8 Å². The van der Waals surface area contributed by atoms with Gasteiger partial charge in [-0.15, -0.1) is 0 Å². The highest BCUT2D eigenvalue weighted by atomic mass is 15.1. The van der Waals surface area contributed by atoms with Crippen LogP contribution in [0.15, 0.2) is 24.3 Å². The highest BCUT2D eigenvalue weighted by Crippen LogP contribution is 2.21. The van der Waals surface area contributed by atoms with E-state index >= 15 is 0 Å². The fourth-order valence-corrected chi connectivity index (χ4v) is 3.79. The first kappa shape index (κ1) is 23.1. The van der Waals surface area contributed by atoms with Crippen molar-refractivity contribution < 1.29 is 0 Å². The van der Waals surface area contributed by atoms with Gasteiger partial charge in [-0.05, 0) is 31.4 Å². The van der Waals surface area contributed by atoms with Gasteiger partial charge in [0.05, 0.1) is 0 Å². The van der Waals surface area contributed by atoms with E-state index in [1.165, 1.54) is 114 Å². The average Bonchev–Trinajstić information content (AvgIpc) is 2.65. The summed E-state index contributed by atoms with van der Waals surface area (Å²) < 4.78 is 0. The van der Waals surface area contributed by atoms with Crippen LogP contribution >= 0.6 is 0 Å². The van der Waals surface area contributed by atoms with Gasteiger partial charge in [-0.25, -0.2) is 0 Å². The summed E-state index contributed by atoms with van der Waals surface area (Å²) in [6.45, 7) is 9.31. The molecule has 0 radical (unpaired) electrons. The molecule has 1 nitrogen and oxygen atoms in total. The number of hydrogen-bond acceptors (Lipinski definition) is 1. The minimum atomic E-state index is 1.23. The molecule has 1 aromatic carbocycles. The molecule has 0 heterocycles. The summed E-state index contributed by atoms with van der Waals surface area (Å²) in [5.41, 5.74) is 2.89. The molecule has 26 heavy (non-hydrogen) atoms. The van der Waals surface area contributed by atoms with Gasteiger partial charge >= 0.3 is 0 Å². The Balaban J connectivity index is 2.31. The summed E-state index contributed by atoms with van der Waals surface area (Å²) in [5.74, 6) is 0. The molecule has 0 aliphatic heterocycles. The van der Waals surface area contributed by atoms with Crippen molar-refractivity contribution in [2.24, 2.45) is 0 Å². The van der Waals surface area contributed by atoms with Crippen molar-refractivity contribution in [2.75, 3.05) is 18.0 Å². The Bertz CT molecular complexity index is 426. The van der Waals surface area contributed by atoms with Crippen LogP contribution < -0.4 is 4.90 Å². The molecule has 0 N–H and O–H groups in total. The normalized spacial score (nSPS) is 11.0. The van der Waals surface area contributed by atoms with Crippen LogP contribution in [-0.4, -0.2) is 13.1 Å². The predicted octanol–water partition coefficient (Wildman–Crippen LogP) is 8.30. The second-order valence-corrected chi connectivity index (χ2v) is 8.02. The summed E-state index contributed by atoms with van der Waals surface area (Å²) in [6, 6.07) is 8.94. The monoisotopic (exact) mass is 359 g/mol. The molecule has 150 valence electrons. The predicted molar refractivity (Wildman–Crippen MR) is 119 cm³/mol. The first-order chi connectivity index (χ1) is 12.8. The number of hydrogen-bond donors (Lipinski definition) is 0. The van der Waals surface area contributed by atoms with Crippen LogP contribution in [0.5, 0.6) is 0 Å². The molecular formula is C25H45N. The molecule has 0 saturated carbocycles. The van der Waals surface area contributed by atoms with Gasteiger partial charge in [0.15, 0.2) is 0 Å². The van der Waals surface area contributed by atoms with Gasteiger partial charge in [0.25, 0.3) is 0 Å². The molecule has 0 spiro atoms. The van der Waals surface area contributed by atoms with Gasteiger partial charge < -0.3 is 4.90 Å². The fraction of sp³-hybridized carbons (Fsp3) is 0.760. The second-order valence-electron chi connectivity index (χ2n) is 8.02. The molecule has 0 aromatic heterocycles. The zero-order valence-corrected chi connectivity index (χ0v) is 18.1. The quantitative estimate of drug-likeness (QED) is 0.253. The van der Waals surface area contributed by atoms with Crippen molar-refractivity contribution in [2.45, 2.75) is 111 Å². The molecule has 0 bridgehead atoms. The number of unbranched alkanes of at least 4 members (excludes halogenated alkanes) is 12. The van der Waals surface area contributed by atoms with E-state index in [0.29, 0.717) is 0 Å². The standard InChI is InChI=1S/C25H45N/c1-4-6-8-10-12-13-15-19-23-26(22-18-14-11-9-7-5-2)25-21-17-16-20-24(25)3/h16-17,20-21H,4-15,18-19,22-23H2,1-3H3. The Morgan fingerprint density at radius 1 is 0.577 bits per heavy atom. The molecule has 1 rings (SSSR count). The van der Waals surface area contributed by atoms with Gasteiger partial charge in [0.2, 0.25) is 0 Å². The fourth-order valence-electron chi connectivity index (χ4n) is 3.79. The zero-order chi connectivity index (χ0) is 18.9. The van der Waals surface area contributed by atoms with Crippen molar-refractivity contribution in [1.82, 2.24) is 0 Å². The third-order valence-electron chi connectivity index (χ3n) is 5.52. The third-order valence-corrected chi connectivity index (χ3v) is 5.52. The Kier molecular flexibility index (Phi) is 14.4. The lowest BCUT2D eigenvalue weighted by molar-refractivity contribution is 0.561. The summed E-state index contributed by atoms with van der Waals surface area (Å²) >= 11 is 0. The highest BCUT2D eigenvalue weighted by molar-refractivity contribution is 5.52. The van der Waals surface area contributed by atoms with E-state index in [2.05, 4.69) is 49.9 Å². The average molecular weight is 360 g/mol. The van der Waals surface area contributed by atoms with E-state index in [0.717, 1.165) is 0 Å². The molecule has 0 fully saturated rings. The van der Waals surface area contributed by atoms with Crippen LogP contribution in [-0.2, 0) is 0 Å². The molecule has 0 atom stereocenters. The van der Waals surface area contributed by atoms with Crippen LogP contribution in [0.25, 0.3) is 0 Å². The number of benzene rings is 1. The molecule has 0 aliphatic rings. The number of rotatable bonds is 17. The molecule has 1 heteroatoms. The second kappa shape index (κ2) is 16.2. The van der Waals surface area contributed by atoms with E-state index < -0.39 is 0 Å². The summed E-state index contributed by atoms with van der Waals surface area (Å²) in [6.07, 6.45) is 19.5. The number of aryl methyl sites for hydroxylation is 1. The van der Waals surface area contributed by atoms with Crippen molar-refractivity contribution in [3.63, 3.8) is 0 Å². The van der Waals surface area contributed by atoms with Crippen molar-refractivity contribution >= 4 is 5.69 Å². The Morgan fingerprint density at radius 2 is 1.00 bits per heavy atom. The van der Waals surface area contributed by atoms with E-state index in [9.17, 15) is 0 Å². The number of para-hydroxylation sites is 1. The lowest BCUT2D eigenvalue weighted by atomic mass is 10.1. The lowest BCUT2D eigenvalue weighted by Gasteiger charge is -2.26. The largest absolute Gasteiger partial charge is 0.371 e. The summed E-state index contributed by atoms with van der Waals surface area (Å²) in [7, 11) is 0. The SMILES string of the molecule is CCCCCCCCCCN(CCCCCCCC)c1ccccc1C. The molecule has 1 aromatic rings. The molecule has 0 amide bonds. The molecule has 0 saturated heterocycles. The zero-order valence-electron chi connectivity index (χ0n) is 18.1. The van der Waals surface area contributed by atoms with Crippen LogP contribution in [0.1, 0.15) is 109 Å². The molecule has 0 aliphatic carbocycles. The Labute approximate surface area is 164 Å². The highest BCUT2D eigenvalue weighted by Gasteiger charge is 2.08. The number of nitrogens with zero attached hydrogens (tertiary/aromatic N) is 1.